The predicted molar refractivity (Wildman–Crippen MR) is 55.9 cm³/mol. The second-order valence-electron chi connectivity index (χ2n) is 3.33. The highest BCUT2D eigenvalue weighted by Gasteiger charge is 2.01. The van der Waals surface area contributed by atoms with Crippen LogP contribution in [0.25, 0.3) is 11.3 Å². The van der Waals surface area contributed by atoms with Gasteiger partial charge in [0.2, 0.25) is 0 Å². The van der Waals surface area contributed by atoms with Crippen molar-refractivity contribution in [2.75, 3.05) is 0 Å². The molecule has 0 aliphatic heterocycles. The summed E-state index contributed by atoms with van der Waals surface area (Å²) in [6.07, 6.45) is 1.96. The summed E-state index contributed by atoms with van der Waals surface area (Å²) in [5, 5.41) is 8.10. The fraction of sp³-hybridized carbons (Fsp3) is 0.273. The first-order chi connectivity index (χ1) is 6.79. The van der Waals surface area contributed by atoms with E-state index in [4.69, 9.17) is 0 Å². The first-order valence-corrected chi connectivity index (χ1v) is 4.77. The number of nitrogens with zero attached hydrogens (tertiary/aromatic N) is 3. The molecule has 0 atom stereocenters. The van der Waals surface area contributed by atoms with E-state index in [0.29, 0.717) is 0 Å². The highest BCUT2D eigenvalue weighted by molar-refractivity contribution is 5.57. The molecular formula is C11H13N3. The van der Waals surface area contributed by atoms with Crippen molar-refractivity contribution in [1.29, 1.82) is 0 Å². The van der Waals surface area contributed by atoms with Crippen molar-refractivity contribution in [3.63, 3.8) is 0 Å². The smallest absolute Gasteiger partial charge is 0.113 e. The Morgan fingerprint density at radius 1 is 1.21 bits per heavy atom. The van der Waals surface area contributed by atoms with Gasteiger partial charge in [0.05, 0.1) is 6.20 Å². The maximum Gasteiger partial charge on any atom is 0.113 e. The van der Waals surface area contributed by atoms with E-state index in [1.807, 2.05) is 17.8 Å². The molecule has 3 nitrogen and oxygen atoms in total. The van der Waals surface area contributed by atoms with Gasteiger partial charge in [-0.3, -0.25) is 4.68 Å². The van der Waals surface area contributed by atoms with Gasteiger partial charge < -0.3 is 0 Å². The summed E-state index contributed by atoms with van der Waals surface area (Å²) in [7, 11) is 0. The van der Waals surface area contributed by atoms with Crippen molar-refractivity contribution in [1.82, 2.24) is 15.0 Å². The molecule has 0 fully saturated rings. The molecule has 0 aliphatic carbocycles. The van der Waals surface area contributed by atoms with Crippen LogP contribution in [0, 0.1) is 6.92 Å². The van der Waals surface area contributed by atoms with E-state index in [0.717, 1.165) is 17.8 Å². The quantitative estimate of drug-likeness (QED) is 0.722. The fourth-order valence-electron chi connectivity index (χ4n) is 1.31. The minimum absolute atomic E-state index is 0.860. The van der Waals surface area contributed by atoms with Crippen LogP contribution >= 0.6 is 0 Å². The summed E-state index contributed by atoms with van der Waals surface area (Å²) >= 11 is 0. The zero-order valence-electron chi connectivity index (χ0n) is 8.44. The van der Waals surface area contributed by atoms with Gasteiger partial charge in [0.15, 0.2) is 0 Å². The number of benzene rings is 1. The van der Waals surface area contributed by atoms with Gasteiger partial charge in [-0.15, -0.1) is 5.10 Å². The summed E-state index contributed by atoms with van der Waals surface area (Å²) in [4.78, 5) is 0. The lowest BCUT2D eigenvalue weighted by Gasteiger charge is -1.95. The third kappa shape index (κ3) is 1.66. The summed E-state index contributed by atoms with van der Waals surface area (Å²) < 4.78 is 1.83. The van der Waals surface area contributed by atoms with E-state index in [2.05, 4.69) is 41.5 Å². The maximum absolute atomic E-state index is 4.10. The Morgan fingerprint density at radius 2 is 1.93 bits per heavy atom. The fourth-order valence-corrected chi connectivity index (χ4v) is 1.31. The molecule has 14 heavy (non-hydrogen) atoms. The molecule has 0 N–H and O–H groups in total. The molecule has 0 bridgehead atoms. The average Bonchev–Trinajstić information content (AvgIpc) is 2.67. The number of hydrogen-bond donors (Lipinski definition) is 0. The minimum Gasteiger partial charge on any atom is -0.252 e. The Bertz CT molecular complexity index is 414. The molecule has 2 rings (SSSR count). The molecule has 0 saturated heterocycles. The van der Waals surface area contributed by atoms with Crippen LogP contribution < -0.4 is 0 Å². The first-order valence-electron chi connectivity index (χ1n) is 4.77. The van der Waals surface area contributed by atoms with Crippen LogP contribution in [-0.4, -0.2) is 15.0 Å². The van der Waals surface area contributed by atoms with Gasteiger partial charge >= 0.3 is 0 Å². The number of hydrogen-bond acceptors (Lipinski definition) is 2. The normalized spacial score (nSPS) is 10.4. The Hall–Kier alpha value is -1.64. The van der Waals surface area contributed by atoms with Gasteiger partial charge in [0.1, 0.15) is 5.69 Å². The lowest BCUT2D eigenvalue weighted by molar-refractivity contribution is 0.627. The van der Waals surface area contributed by atoms with Crippen LogP contribution in [0.3, 0.4) is 0 Å². The Kier molecular flexibility index (Phi) is 2.31. The van der Waals surface area contributed by atoms with Crippen LogP contribution in [0.2, 0.25) is 0 Å². The van der Waals surface area contributed by atoms with Gasteiger partial charge in [-0.1, -0.05) is 35.0 Å². The largest absolute Gasteiger partial charge is 0.252 e. The Morgan fingerprint density at radius 3 is 2.50 bits per heavy atom. The number of aromatic nitrogens is 3. The van der Waals surface area contributed by atoms with Crippen molar-refractivity contribution >= 4 is 0 Å². The zero-order chi connectivity index (χ0) is 9.97. The lowest BCUT2D eigenvalue weighted by atomic mass is 10.1. The van der Waals surface area contributed by atoms with Gasteiger partial charge in [0, 0.05) is 12.1 Å². The first kappa shape index (κ1) is 8.94. The highest BCUT2D eigenvalue weighted by Crippen LogP contribution is 2.16. The Labute approximate surface area is 83.4 Å². The second-order valence-corrected chi connectivity index (χ2v) is 3.33. The van der Waals surface area contributed by atoms with Gasteiger partial charge in [0.25, 0.3) is 0 Å². The summed E-state index contributed by atoms with van der Waals surface area (Å²) in [5.41, 5.74) is 3.32. The van der Waals surface area contributed by atoms with Crippen molar-refractivity contribution in [3.05, 3.63) is 36.0 Å². The van der Waals surface area contributed by atoms with E-state index in [-0.39, 0.29) is 0 Å². The molecule has 72 valence electrons. The van der Waals surface area contributed by atoms with Crippen LogP contribution in [0.15, 0.2) is 30.5 Å². The van der Waals surface area contributed by atoms with E-state index in [1.165, 1.54) is 5.56 Å². The maximum atomic E-state index is 4.10. The van der Waals surface area contributed by atoms with Gasteiger partial charge in [-0.2, -0.15) is 0 Å². The van der Waals surface area contributed by atoms with Crippen LogP contribution in [-0.2, 0) is 6.54 Å². The SMILES string of the molecule is CCn1cc(-c2ccc(C)cc2)nn1. The van der Waals surface area contributed by atoms with Crippen LogP contribution in [0.1, 0.15) is 12.5 Å². The molecule has 0 unspecified atom stereocenters. The monoisotopic (exact) mass is 187 g/mol. The molecule has 1 aromatic carbocycles. The number of aryl methyl sites for hydroxylation is 2. The molecule has 3 heteroatoms. The van der Waals surface area contributed by atoms with Crippen LogP contribution in [0.4, 0.5) is 0 Å². The molecule has 0 spiro atoms. The predicted octanol–water partition coefficient (Wildman–Crippen LogP) is 2.27. The molecule has 0 radical (unpaired) electrons. The van der Waals surface area contributed by atoms with E-state index in [9.17, 15) is 0 Å². The van der Waals surface area contributed by atoms with Crippen molar-refractivity contribution in [2.45, 2.75) is 20.4 Å². The van der Waals surface area contributed by atoms with Crippen molar-refractivity contribution in [2.24, 2.45) is 0 Å². The summed E-state index contributed by atoms with van der Waals surface area (Å²) in [5.74, 6) is 0. The van der Waals surface area contributed by atoms with E-state index >= 15 is 0 Å². The topological polar surface area (TPSA) is 30.7 Å². The van der Waals surface area contributed by atoms with Gasteiger partial charge in [-0.25, -0.2) is 0 Å². The van der Waals surface area contributed by atoms with Crippen molar-refractivity contribution in [3.8, 4) is 11.3 Å². The molecule has 1 aromatic heterocycles. The zero-order valence-corrected chi connectivity index (χ0v) is 8.44. The molecule has 2 aromatic rings. The molecule has 0 saturated carbocycles. The molecule has 1 heterocycles. The molecule has 0 amide bonds. The second kappa shape index (κ2) is 3.62. The third-order valence-corrected chi connectivity index (χ3v) is 2.21. The van der Waals surface area contributed by atoms with Crippen molar-refractivity contribution < 1.29 is 0 Å². The highest BCUT2D eigenvalue weighted by atomic mass is 15.4. The van der Waals surface area contributed by atoms with Gasteiger partial charge in [-0.05, 0) is 13.8 Å². The minimum atomic E-state index is 0.860. The van der Waals surface area contributed by atoms with E-state index in [1.54, 1.807) is 0 Å². The lowest BCUT2D eigenvalue weighted by Crippen LogP contribution is -1.93. The summed E-state index contributed by atoms with van der Waals surface area (Å²) in [6, 6.07) is 8.30. The Balaban J connectivity index is 2.34. The number of rotatable bonds is 2. The standard InChI is InChI=1S/C11H13N3/c1-3-14-8-11(12-13-14)10-6-4-9(2)5-7-10/h4-8H,3H2,1-2H3. The third-order valence-electron chi connectivity index (χ3n) is 2.21. The molecular weight excluding hydrogens is 174 g/mol. The van der Waals surface area contributed by atoms with Crippen LogP contribution in [0.5, 0.6) is 0 Å². The summed E-state index contributed by atoms with van der Waals surface area (Å²) in [6.45, 7) is 4.99. The molecule has 0 aliphatic rings. The van der Waals surface area contributed by atoms with E-state index < -0.39 is 0 Å². The average molecular weight is 187 g/mol.